The van der Waals surface area contributed by atoms with Crippen LogP contribution in [0.4, 0.5) is 10.6 Å². The van der Waals surface area contributed by atoms with E-state index in [4.69, 9.17) is 9.84 Å². The van der Waals surface area contributed by atoms with Crippen LogP contribution in [0.5, 0.6) is 0 Å². The summed E-state index contributed by atoms with van der Waals surface area (Å²) in [5, 5.41) is 15.3. The van der Waals surface area contributed by atoms with Crippen LogP contribution in [-0.2, 0) is 11.8 Å². The maximum Gasteiger partial charge on any atom is 0.320 e. The van der Waals surface area contributed by atoms with Crippen molar-refractivity contribution < 1.29 is 9.53 Å². The lowest BCUT2D eigenvalue weighted by Gasteiger charge is -2.18. The van der Waals surface area contributed by atoms with Crippen LogP contribution in [0.15, 0.2) is 54.4 Å². The Labute approximate surface area is 188 Å². The number of aromatic nitrogens is 4. The molecule has 2 heterocycles. The number of amides is 2. The largest absolute Gasteiger partial charge is 0.381 e. The molecule has 0 aliphatic heterocycles. The summed E-state index contributed by atoms with van der Waals surface area (Å²) in [5.74, 6) is 1.02. The van der Waals surface area contributed by atoms with E-state index in [-0.39, 0.29) is 12.1 Å². The zero-order chi connectivity index (χ0) is 22.7. The molecule has 0 saturated heterocycles. The van der Waals surface area contributed by atoms with Crippen LogP contribution in [-0.4, -0.2) is 45.4 Å². The molecule has 1 aliphatic rings. The number of aryl methyl sites for hydroxylation is 1. The smallest absolute Gasteiger partial charge is 0.320 e. The van der Waals surface area contributed by atoms with Crippen LogP contribution >= 0.6 is 0 Å². The van der Waals surface area contributed by atoms with Gasteiger partial charge in [0.1, 0.15) is 11.5 Å². The number of anilines is 1. The molecule has 2 N–H and O–H groups in total. The molecule has 0 bridgehead atoms. The molecular weight excluding hydrogens is 404 g/mol. The van der Waals surface area contributed by atoms with Crippen LogP contribution in [0.3, 0.4) is 0 Å². The molecule has 0 radical (unpaired) electrons. The van der Waals surface area contributed by atoms with Gasteiger partial charge in [-0.2, -0.15) is 10.2 Å². The fourth-order valence-electron chi connectivity index (χ4n) is 4.21. The molecule has 1 aromatic carbocycles. The summed E-state index contributed by atoms with van der Waals surface area (Å²) in [6, 6.07) is 9.65. The summed E-state index contributed by atoms with van der Waals surface area (Å²) in [7, 11) is 3.56. The van der Waals surface area contributed by atoms with Crippen molar-refractivity contribution in [2.75, 3.05) is 19.0 Å². The highest BCUT2D eigenvalue weighted by Crippen LogP contribution is 2.32. The van der Waals surface area contributed by atoms with Crippen molar-refractivity contribution in [2.45, 2.75) is 32.7 Å². The van der Waals surface area contributed by atoms with Gasteiger partial charge in [-0.1, -0.05) is 36.8 Å². The average Bonchev–Trinajstić information content (AvgIpc) is 3.45. The number of hydrogen-bond donors (Lipinski definition) is 2. The molecular formula is C24H30N6O2. The van der Waals surface area contributed by atoms with Crippen molar-refractivity contribution in [3.05, 3.63) is 59.9 Å². The second kappa shape index (κ2) is 9.40. The van der Waals surface area contributed by atoms with Gasteiger partial charge < -0.3 is 10.1 Å². The maximum absolute atomic E-state index is 13.0. The minimum atomic E-state index is -0.229. The molecule has 0 unspecified atom stereocenters. The number of nitrogens with zero attached hydrogens (tertiary/aromatic N) is 4. The Bertz CT molecular complexity index is 1110. The molecule has 1 saturated carbocycles. The van der Waals surface area contributed by atoms with Crippen LogP contribution < -0.4 is 10.6 Å². The number of carbonyl (C=O) groups is 1. The Morgan fingerprint density at radius 2 is 2.06 bits per heavy atom. The molecule has 3 aromatic rings. The van der Waals surface area contributed by atoms with Gasteiger partial charge in [-0.3, -0.25) is 10.00 Å². The molecule has 4 rings (SSSR count). The van der Waals surface area contributed by atoms with Crippen LogP contribution in [0.1, 0.15) is 25.3 Å². The normalized spacial score (nSPS) is 19.4. The predicted octanol–water partition coefficient (Wildman–Crippen LogP) is 4.07. The first-order chi connectivity index (χ1) is 15.5. The van der Waals surface area contributed by atoms with Gasteiger partial charge in [-0.05, 0) is 37.8 Å². The van der Waals surface area contributed by atoms with E-state index >= 15 is 0 Å². The van der Waals surface area contributed by atoms with Gasteiger partial charge in [0.15, 0.2) is 0 Å². The van der Waals surface area contributed by atoms with Gasteiger partial charge in [0.05, 0.1) is 18.5 Å². The Kier molecular flexibility index (Phi) is 6.41. The first-order valence-corrected chi connectivity index (χ1v) is 10.8. The Morgan fingerprint density at radius 3 is 2.75 bits per heavy atom. The second-order valence-corrected chi connectivity index (χ2v) is 8.38. The summed E-state index contributed by atoms with van der Waals surface area (Å²) in [5.41, 5.74) is 4.78. The van der Waals surface area contributed by atoms with E-state index in [2.05, 4.69) is 28.7 Å². The van der Waals surface area contributed by atoms with Crippen molar-refractivity contribution in [2.24, 2.45) is 13.0 Å². The molecule has 2 aromatic heterocycles. The summed E-state index contributed by atoms with van der Waals surface area (Å²) >= 11 is 0. The standard InChI is InChI=1S/C24H30N6O2/c1-16-12-18(10-11-32-4)13-21(16)26-24(31)27-23-17(2)22(19-14-25-29(3)15-19)28-30(23)20-8-6-5-7-9-20/h5-10,14-16,21H,11-13H2,1-4H3,(H2,26,27,31)/b18-10+/t16-,21-/m1/s1. The van der Waals surface area contributed by atoms with Gasteiger partial charge in [0.2, 0.25) is 0 Å². The van der Waals surface area contributed by atoms with Crippen molar-refractivity contribution in [1.29, 1.82) is 0 Å². The summed E-state index contributed by atoms with van der Waals surface area (Å²) in [4.78, 5) is 13.0. The second-order valence-electron chi connectivity index (χ2n) is 8.38. The van der Waals surface area contributed by atoms with Gasteiger partial charge in [0.25, 0.3) is 0 Å². The molecule has 1 fully saturated rings. The minimum absolute atomic E-state index is 0.0873. The summed E-state index contributed by atoms with van der Waals surface area (Å²) < 4.78 is 8.67. The fourth-order valence-corrected chi connectivity index (χ4v) is 4.21. The highest BCUT2D eigenvalue weighted by molar-refractivity contribution is 5.91. The molecule has 168 valence electrons. The molecule has 8 nitrogen and oxygen atoms in total. The third-order valence-electron chi connectivity index (χ3n) is 5.94. The minimum Gasteiger partial charge on any atom is -0.381 e. The van der Waals surface area contributed by atoms with E-state index in [0.29, 0.717) is 18.3 Å². The fraction of sp³-hybridized carbons (Fsp3) is 0.375. The van der Waals surface area contributed by atoms with E-state index in [1.165, 1.54) is 5.57 Å². The molecule has 1 aliphatic carbocycles. The molecule has 2 amide bonds. The van der Waals surface area contributed by atoms with E-state index in [1.54, 1.807) is 22.7 Å². The average molecular weight is 435 g/mol. The van der Waals surface area contributed by atoms with Gasteiger partial charge in [-0.15, -0.1) is 0 Å². The maximum atomic E-state index is 13.0. The topological polar surface area (TPSA) is 86.0 Å². The molecule has 32 heavy (non-hydrogen) atoms. The van der Waals surface area contributed by atoms with Crippen LogP contribution in [0, 0.1) is 12.8 Å². The molecule has 8 heteroatoms. The van der Waals surface area contributed by atoms with E-state index in [0.717, 1.165) is 35.3 Å². The summed E-state index contributed by atoms with van der Waals surface area (Å²) in [6.07, 6.45) is 7.63. The van der Waals surface area contributed by atoms with Gasteiger partial charge in [0, 0.05) is 37.5 Å². The highest BCUT2D eigenvalue weighted by atomic mass is 16.5. The number of hydrogen-bond acceptors (Lipinski definition) is 4. The zero-order valence-corrected chi connectivity index (χ0v) is 19.0. The first-order valence-electron chi connectivity index (χ1n) is 10.8. The number of carbonyl (C=O) groups excluding carboxylic acids is 1. The zero-order valence-electron chi connectivity index (χ0n) is 19.0. The predicted molar refractivity (Wildman–Crippen MR) is 125 cm³/mol. The van der Waals surface area contributed by atoms with Gasteiger partial charge >= 0.3 is 6.03 Å². The van der Waals surface area contributed by atoms with E-state index < -0.39 is 0 Å². The number of ether oxygens (including phenoxy) is 1. The lowest BCUT2D eigenvalue weighted by atomic mass is 10.1. The number of urea groups is 1. The van der Waals surface area contributed by atoms with Gasteiger partial charge in [-0.25, -0.2) is 9.48 Å². The van der Waals surface area contributed by atoms with E-state index in [1.807, 2.05) is 50.5 Å². The number of methoxy groups -OCH3 is 1. The number of rotatable bonds is 6. The van der Waals surface area contributed by atoms with Crippen LogP contribution in [0.2, 0.25) is 0 Å². The summed E-state index contributed by atoms with van der Waals surface area (Å²) in [6.45, 7) is 4.74. The Morgan fingerprint density at radius 1 is 1.28 bits per heavy atom. The van der Waals surface area contributed by atoms with Crippen LogP contribution in [0.25, 0.3) is 16.9 Å². The van der Waals surface area contributed by atoms with Crippen molar-refractivity contribution in [3.8, 4) is 16.9 Å². The van der Waals surface area contributed by atoms with E-state index in [9.17, 15) is 4.79 Å². The highest BCUT2D eigenvalue weighted by Gasteiger charge is 2.29. The van der Waals surface area contributed by atoms with Crippen molar-refractivity contribution in [1.82, 2.24) is 24.9 Å². The third-order valence-corrected chi connectivity index (χ3v) is 5.94. The lowest BCUT2D eigenvalue weighted by molar-refractivity contribution is 0.233. The molecule has 0 spiro atoms. The monoisotopic (exact) mass is 434 g/mol. The Hall–Kier alpha value is -3.39. The number of benzene rings is 1. The lowest BCUT2D eigenvalue weighted by Crippen LogP contribution is -2.39. The first kappa shape index (κ1) is 21.8. The SMILES string of the molecule is COC/C=C1\C[C@@H](C)[C@H](NC(=O)Nc2c(C)c(-c3cnn(C)c3)nn2-c2ccccc2)C1. The molecule has 2 atom stereocenters. The Balaban J connectivity index is 1.58. The van der Waals surface area contributed by atoms with Crippen molar-refractivity contribution >= 4 is 11.8 Å². The number of nitrogens with one attached hydrogen (secondary N) is 2. The quantitative estimate of drug-likeness (QED) is 0.573. The van der Waals surface area contributed by atoms with Crippen molar-refractivity contribution in [3.63, 3.8) is 0 Å². The number of para-hydroxylation sites is 1. The third kappa shape index (κ3) is 4.60.